The van der Waals surface area contributed by atoms with Crippen molar-refractivity contribution in [2.75, 3.05) is 0 Å². The zero-order valence-electron chi connectivity index (χ0n) is 43.0. The van der Waals surface area contributed by atoms with E-state index in [0.29, 0.717) is 0 Å². The molecule has 424 valence electrons. The second-order valence-corrected chi connectivity index (χ2v) is 16.9. The maximum atomic E-state index is 8.88. The van der Waals surface area contributed by atoms with Crippen molar-refractivity contribution in [3.8, 4) is 0 Å². The van der Waals surface area contributed by atoms with Gasteiger partial charge in [0.15, 0.2) is 0 Å². The van der Waals surface area contributed by atoms with Gasteiger partial charge in [-0.2, -0.15) is 0 Å². The fourth-order valence-electron chi connectivity index (χ4n) is 6.24. The van der Waals surface area contributed by atoms with Crippen LogP contribution in [0.5, 0.6) is 0 Å². The molecule has 0 atom stereocenters. The van der Waals surface area contributed by atoms with E-state index in [1.807, 2.05) is 12.2 Å². The summed E-state index contributed by atoms with van der Waals surface area (Å²) in [7, 11) is -4.64. The molecule has 0 rings (SSSR count). The van der Waals surface area contributed by atoms with Gasteiger partial charge in [-0.05, 0) is 63.8 Å². The van der Waals surface area contributed by atoms with E-state index in [4.69, 9.17) is 19.2 Å². The summed E-state index contributed by atoms with van der Waals surface area (Å²) in [6, 6.07) is 0. The van der Waals surface area contributed by atoms with Gasteiger partial charge in [0.05, 0.1) is 0 Å². The van der Waals surface area contributed by atoms with E-state index in [-0.39, 0.29) is 0 Å². The van der Waals surface area contributed by atoms with Crippen LogP contribution in [0.2, 0.25) is 0 Å². The standard InChI is InChI=1S/2C23H44O10.H3O4P/c2*1-3-5-6-7-8-9-10-11-12-13-14-15-16-17-18-19-20-21-23-25-27-29-31-33-32-30-28-26-24-22-4-2;1-5(2,3)4/h2*4,21-23H,3,5-20H2,1-2H3;(H3,1,2,3,4). The molecule has 0 saturated heterocycles. The Morgan fingerprint density at radius 1 is 0.282 bits per heavy atom. The molecule has 0 aliphatic heterocycles. The van der Waals surface area contributed by atoms with Gasteiger partial charge in [-0.1, -0.05) is 206 Å². The van der Waals surface area contributed by atoms with E-state index in [1.54, 1.807) is 26.0 Å². The first-order chi connectivity index (χ1) is 34.8. The fraction of sp³-hybridized carbons (Fsp3) is 0.826. The zero-order valence-corrected chi connectivity index (χ0v) is 43.9. The van der Waals surface area contributed by atoms with Crippen molar-refractivity contribution in [2.24, 2.45) is 0 Å². The highest BCUT2D eigenvalue weighted by Crippen LogP contribution is 2.26. The molecule has 0 spiro atoms. The molecule has 0 bridgehead atoms. The van der Waals surface area contributed by atoms with Crippen molar-refractivity contribution in [2.45, 2.75) is 246 Å². The van der Waals surface area contributed by atoms with Gasteiger partial charge in [0.1, 0.15) is 25.0 Å². The second kappa shape index (κ2) is 69.7. The highest BCUT2D eigenvalue weighted by Gasteiger charge is 2.01. The van der Waals surface area contributed by atoms with Crippen molar-refractivity contribution in [3.05, 3.63) is 49.4 Å². The minimum absolute atomic E-state index is 0.892. The summed E-state index contributed by atoms with van der Waals surface area (Å²) in [5.74, 6) is 0. The highest BCUT2D eigenvalue weighted by atomic mass is 31.2. The Labute approximate surface area is 421 Å². The molecule has 0 amide bonds. The largest absolute Gasteiger partial charge is 0.466 e. The van der Waals surface area contributed by atoms with E-state index < -0.39 is 7.82 Å². The van der Waals surface area contributed by atoms with Crippen LogP contribution in [0.4, 0.5) is 0 Å². The van der Waals surface area contributed by atoms with Crippen LogP contribution >= 0.6 is 7.82 Å². The molecule has 3 N–H and O–H groups in total. The summed E-state index contributed by atoms with van der Waals surface area (Å²) in [6.45, 7) is 7.95. The highest BCUT2D eigenvalue weighted by molar-refractivity contribution is 7.45. The van der Waals surface area contributed by atoms with Crippen LogP contribution in [0, 0.1) is 0 Å². The van der Waals surface area contributed by atoms with Gasteiger partial charge in [-0.15, -0.1) is 0 Å². The Morgan fingerprint density at radius 2 is 0.451 bits per heavy atom. The molecule has 71 heavy (non-hydrogen) atoms. The molecule has 0 saturated carbocycles. The third-order valence-corrected chi connectivity index (χ3v) is 9.68. The van der Waals surface area contributed by atoms with Crippen LogP contribution in [0.1, 0.15) is 246 Å². The molecule has 0 aliphatic rings. The molecule has 0 radical (unpaired) electrons. The zero-order chi connectivity index (χ0) is 52.3. The fourth-order valence-corrected chi connectivity index (χ4v) is 6.24. The minimum Gasteiger partial charge on any atom is -0.314 e. The van der Waals surface area contributed by atoms with E-state index in [9.17, 15) is 0 Å². The third-order valence-electron chi connectivity index (χ3n) is 9.68. The second-order valence-electron chi connectivity index (χ2n) is 15.9. The van der Waals surface area contributed by atoms with Crippen molar-refractivity contribution in [1.29, 1.82) is 0 Å². The lowest BCUT2D eigenvalue weighted by molar-refractivity contribution is -0.841. The smallest absolute Gasteiger partial charge is 0.314 e. The van der Waals surface area contributed by atoms with Crippen molar-refractivity contribution >= 4 is 7.82 Å². The number of unbranched alkanes of at least 4 members (excludes halogenated alkanes) is 32. The van der Waals surface area contributed by atoms with E-state index in [2.05, 4.69) is 114 Å². The summed E-state index contributed by atoms with van der Waals surface area (Å²) in [5, 5.41) is 62.5. The van der Waals surface area contributed by atoms with Gasteiger partial charge in [-0.25, -0.2) is 4.57 Å². The van der Waals surface area contributed by atoms with E-state index in [1.165, 1.54) is 218 Å². The van der Waals surface area contributed by atoms with Crippen LogP contribution < -0.4 is 0 Å². The molecule has 0 aromatic carbocycles. The Balaban J connectivity index is -0.00000119. The maximum Gasteiger partial charge on any atom is 0.466 e. The molecule has 0 aromatic rings. The predicted molar refractivity (Wildman–Crippen MR) is 252 cm³/mol. The van der Waals surface area contributed by atoms with E-state index >= 15 is 0 Å². The average molecular weight is 1060 g/mol. The number of hydrogen-bond donors (Lipinski definition) is 3. The van der Waals surface area contributed by atoms with Crippen LogP contribution in [-0.4, -0.2) is 14.7 Å². The van der Waals surface area contributed by atoms with Crippen molar-refractivity contribution < 1.29 is 119 Å². The molecular formula is C46H91O24P. The Morgan fingerprint density at radius 3 is 0.648 bits per heavy atom. The van der Waals surface area contributed by atoms with Gasteiger partial charge in [0.2, 0.25) is 0 Å². The average Bonchev–Trinajstić information content (AvgIpc) is 3.35. The first-order valence-corrected chi connectivity index (χ1v) is 27.0. The van der Waals surface area contributed by atoms with Gasteiger partial charge in [-0.3, -0.25) is 0 Å². The molecule has 0 aromatic heterocycles. The normalized spacial score (nSPS) is 11.7. The van der Waals surface area contributed by atoms with Gasteiger partial charge >= 0.3 is 7.82 Å². The Bertz CT molecular complexity index is 1040. The molecular weight excluding hydrogens is 967 g/mol. The number of hydrogen-bond acceptors (Lipinski definition) is 21. The Hall–Kier alpha value is -2.37. The van der Waals surface area contributed by atoms with Crippen LogP contribution in [0.3, 0.4) is 0 Å². The van der Waals surface area contributed by atoms with Gasteiger partial charge < -0.3 is 34.2 Å². The predicted octanol–water partition coefficient (Wildman–Crippen LogP) is 15.2. The number of allylic oxidation sites excluding steroid dienone is 4. The molecule has 24 nitrogen and oxygen atoms in total. The minimum atomic E-state index is -4.64. The van der Waals surface area contributed by atoms with Crippen molar-refractivity contribution in [1.82, 2.24) is 0 Å². The van der Waals surface area contributed by atoms with Gasteiger partial charge in [0, 0.05) is 80.6 Å². The number of phosphoric acid groups is 1. The summed E-state index contributed by atoms with van der Waals surface area (Å²) in [5.41, 5.74) is 0. The summed E-state index contributed by atoms with van der Waals surface area (Å²) in [6.07, 6.45) is 56.9. The molecule has 25 heteroatoms. The van der Waals surface area contributed by atoms with Crippen LogP contribution in [0.15, 0.2) is 49.4 Å². The lowest BCUT2D eigenvalue weighted by atomic mass is 10.0. The Kier molecular flexibility index (Phi) is 71.5. The topological polar surface area (TPSA) is 262 Å². The first-order valence-electron chi connectivity index (χ1n) is 25.4. The van der Waals surface area contributed by atoms with E-state index in [0.717, 1.165) is 25.7 Å². The number of rotatable bonds is 56. The monoisotopic (exact) mass is 1060 g/mol. The first kappa shape index (κ1) is 72.9. The molecule has 0 heterocycles. The summed E-state index contributed by atoms with van der Waals surface area (Å²) >= 11 is 0. The molecule has 0 unspecified atom stereocenters. The molecule has 0 aliphatic carbocycles. The van der Waals surface area contributed by atoms with Crippen molar-refractivity contribution in [3.63, 3.8) is 0 Å². The van der Waals surface area contributed by atoms with Crippen LogP contribution in [0.25, 0.3) is 0 Å². The summed E-state index contributed by atoms with van der Waals surface area (Å²) < 4.78 is 8.88. The van der Waals surface area contributed by atoms with Gasteiger partial charge in [0.25, 0.3) is 0 Å². The SMILES string of the molecule is CC=COOOOOOOOOOC=CCCCCCCCCCCCCCCCCCC.CC=COOOOOOOOOOC=CCCCCCCCCCCCCCCCCCC.O=P(O)(O)O. The lowest BCUT2D eigenvalue weighted by Crippen LogP contribution is -2.01. The van der Waals surface area contributed by atoms with Crippen LogP contribution in [-0.2, 0) is 105 Å². The third kappa shape index (κ3) is 87.7. The summed E-state index contributed by atoms with van der Waals surface area (Å²) in [4.78, 5) is 39.2. The maximum absolute atomic E-state index is 8.88. The molecule has 0 fully saturated rings. The quantitative estimate of drug-likeness (QED) is 0.0168. The lowest BCUT2D eigenvalue weighted by Gasteiger charge is -2.03.